The molecule has 6 heteroatoms. The first-order valence-corrected chi connectivity index (χ1v) is 2.02. The average molecular weight is 154 g/mol. The fourth-order valence-electron chi connectivity index (χ4n) is 0.185. The standard InChI is InChI=1S/C4H2F4N2/c5-2(1-9)3(10)4(6,7)8/h10H2/b3-2+. The van der Waals surface area contributed by atoms with Crippen LogP contribution in [0.4, 0.5) is 17.6 Å². The fraction of sp³-hybridized carbons (Fsp3) is 0.250. The molecule has 0 saturated heterocycles. The monoisotopic (exact) mass is 154 g/mol. The van der Waals surface area contributed by atoms with Crippen molar-refractivity contribution >= 4 is 0 Å². The predicted octanol–water partition coefficient (Wildman–Crippen LogP) is 1.21. The summed E-state index contributed by atoms with van der Waals surface area (Å²) in [4.78, 5) is 0. The van der Waals surface area contributed by atoms with Crippen LogP contribution in [0.15, 0.2) is 11.5 Å². The second-order valence-corrected chi connectivity index (χ2v) is 1.34. The molecule has 0 unspecified atom stereocenters. The van der Waals surface area contributed by atoms with Gasteiger partial charge in [-0.25, -0.2) is 0 Å². The van der Waals surface area contributed by atoms with Crippen LogP contribution in [0.5, 0.6) is 0 Å². The Labute approximate surface area is 53.5 Å². The molecule has 10 heavy (non-hydrogen) atoms. The van der Waals surface area contributed by atoms with E-state index < -0.39 is 17.7 Å². The molecule has 56 valence electrons. The molecular formula is C4H2F4N2. The third-order valence-corrected chi connectivity index (χ3v) is 0.640. The molecule has 0 radical (unpaired) electrons. The molecule has 0 aromatic carbocycles. The van der Waals surface area contributed by atoms with Crippen molar-refractivity contribution in [3.05, 3.63) is 11.5 Å². The van der Waals surface area contributed by atoms with Gasteiger partial charge in [0, 0.05) is 0 Å². The van der Waals surface area contributed by atoms with Crippen LogP contribution in [-0.4, -0.2) is 6.18 Å². The van der Waals surface area contributed by atoms with Gasteiger partial charge >= 0.3 is 6.18 Å². The number of nitrogens with two attached hydrogens (primary N) is 1. The highest BCUT2D eigenvalue weighted by molar-refractivity contribution is 5.21. The Balaban J connectivity index is 4.69. The minimum Gasteiger partial charge on any atom is -0.392 e. The largest absolute Gasteiger partial charge is 0.434 e. The molecule has 0 atom stereocenters. The Hall–Kier alpha value is -1.25. The third kappa shape index (κ3) is 1.93. The maximum absolute atomic E-state index is 11.7. The predicted molar refractivity (Wildman–Crippen MR) is 24.0 cm³/mol. The molecular weight excluding hydrogens is 152 g/mol. The maximum Gasteiger partial charge on any atom is 0.434 e. The Bertz CT molecular complexity index is 196. The van der Waals surface area contributed by atoms with Crippen LogP contribution in [0, 0.1) is 11.3 Å². The molecule has 0 rings (SSSR count). The van der Waals surface area contributed by atoms with Gasteiger partial charge in [-0.15, -0.1) is 0 Å². The van der Waals surface area contributed by atoms with Gasteiger partial charge in [-0.05, 0) is 0 Å². The average Bonchev–Trinajstić information content (AvgIpc) is 1.83. The summed E-state index contributed by atoms with van der Waals surface area (Å²) in [5, 5.41) is 7.61. The van der Waals surface area contributed by atoms with E-state index in [1.807, 2.05) is 0 Å². The maximum atomic E-state index is 11.7. The SMILES string of the molecule is N#C/C(F)=C(\N)C(F)(F)F. The van der Waals surface area contributed by atoms with Gasteiger partial charge in [-0.3, -0.25) is 0 Å². The molecule has 0 amide bonds. The molecule has 0 saturated carbocycles. The summed E-state index contributed by atoms with van der Waals surface area (Å²) in [6.45, 7) is 0. The molecule has 0 aromatic heterocycles. The normalized spacial score (nSPS) is 13.9. The molecule has 0 aliphatic rings. The highest BCUT2D eigenvalue weighted by atomic mass is 19.4. The van der Waals surface area contributed by atoms with Crippen molar-refractivity contribution in [2.75, 3.05) is 0 Å². The first-order valence-electron chi connectivity index (χ1n) is 2.02. The summed E-state index contributed by atoms with van der Waals surface area (Å²) in [5.41, 5.74) is 2.17. The summed E-state index contributed by atoms with van der Waals surface area (Å²) < 4.78 is 45.6. The highest BCUT2D eigenvalue weighted by Crippen LogP contribution is 2.23. The lowest BCUT2D eigenvalue weighted by molar-refractivity contribution is -0.0942. The smallest absolute Gasteiger partial charge is 0.392 e. The van der Waals surface area contributed by atoms with E-state index in [0.717, 1.165) is 0 Å². The number of allylic oxidation sites excluding steroid dienone is 2. The van der Waals surface area contributed by atoms with Gasteiger partial charge < -0.3 is 5.73 Å². The Morgan fingerprint density at radius 2 is 1.80 bits per heavy atom. The lowest BCUT2D eigenvalue weighted by Gasteiger charge is -2.03. The van der Waals surface area contributed by atoms with Gasteiger partial charge in [0.1, 0.15) is 6.07 Å². The van der Waals surface area contributed by atoms with Crippen molar-refractivity contribution in [1.82, 2.24) is 0 Å². The summed E-state index contributed by atoms with van der Waals surface area (Å²) in [6.07, 6.45) is -4.96. The minimum atomic E-state index is -4.96. The topological polar surface area (TPSA) is 49.8 Å². The molecule has 0 fully saturated rings. The molecule has 0 aliphatic heterocycles. The van der Waals surface area contributed by atoms with E-state index in [2.05, 4.69) is 5.73 Å². The Morgan fingerprint density at radius 3 is 1.90 bits per heavy atom. The first-order chi connectivity index (χ1) is 4.39. The lowest BCUT2D eigenvalue weighted by atomic mass is 10.4. The zero-order valence-corrected chi connectivity index (χ0v) is 4.54. The van der Waals surface area contributed by atoms with E-state index >= 15 is 0 Å². The van der Waals surface area contributed by atoms with Gasteiger partial charge in [-0.1, -0.05) is 0 Å². The third-order valence-electron chi connectivity index (χ3n) is 0.640. The van der Waals surface area contributed by atoms with Gasteiger partial charge in [0.2, 0.25) is 5.83 Å². The summed E-state index contributed by atoms with van der Waals surface area (Å²) in [5.74, 6) is -2.01. The number of nitrogens with zero attached hydrogens (tertiary/aromatic N) is 1. The first kappa shape index (κ1) is 8.75. The van der Waals surface area contributed by atoms with E-state index in [9.17, 15) is 17.6 Å². The summed E-state index contributed by atoms with van der Waals surface area (Å²) in [6, 6.07) is 0.639. The number of rotatable bonds is 0. The van der Waals surface area contributed by atoms with Gasteiger partial charge in [0.15, 0.2) is 5.70 Å². The number of alkyl halides is 3. The number of halogens is 4. The van der Waals surface area contributed by atoms with Crippen LogP contribution in [0.2, 0.25) is 0 Å². The molecule has 0 bridgehead atoms. The van der Waals surface area contributed by atoms with Crippen molar-refractivity contribution in [2.45, 2.75) is 6.18 Å². The van der Waals surface area contributed by atoms with Crippen LogP contribution in [-0.2, 0) is 0 Å². The highest BCUT2D eigenvalue weighted by Gasteiger charge is 2.34. The van der Waals surface area contributed by atoms with Gasteiger partial charge in [-0.2, -0.15) is 22.8 Å². The zero-order valence-electron chi connectivity index (χ0n) is 4.54. The van der Waals surface area contributed by atoms with E-state index in [4.69, 9.17) is 5.26 Å². The van der Waals surface area contributed by atoms with Gasteiger partial charge in [0.05, 0.1) is 0 Å². The van der Waals surface area contributed by atoms with Crippen LogP contribution in [0.25, 0.3) is 0 Å². The fourth-order valence-corrected chi connectivity index (χ4v) is 0.185. The minimum absolute atomic E-state index is 0.639. The number of hydrogen-bond acceptors (Lipinski definition) is 2. The van der Waals surface area contributed by atoms with Crippen molar-refractivity contribution < 1.29 is 17.6 Å². The van der Waals surface area contributed by atoms with E-state index in [-0.39, 0.29) is 0 Å². The van der Waals surface area contributed by atoms with E-state index in [0.29, 0.717) is 6.07 Å². The van der Waals surface area contributed by atoms with Crippen LogP contribution < -0.4 is 5.73 Å². The Morgan fingerprint density at radius 1 is 1.40 bits per heavy atom. The van der Waals surface area contributed by atoms with E-state index in [1.165, 1.54) is 0 Å². The molecule has 0 aliphatic carbocycles. The van der Waals surface area contributed by atoms with Crippen LogP contribution in [0.1, 0.15) is 0 Å². The molecule has 2 N–H and O–H groups in total. The van der Waals surface area contributed by atoms with E-state index in [1.54, 1.807) is 0 Å². The second kappa shape index (κ2) is 2.56. The Kier molecular flexibility index (Phi) is 2.24. The zero-order chi connectivity index (χ0) is 8.36. The van der Waals surface area contributed by atoms with Crippen LogP contribution >= 0.6 is 0 Å². The second-order valence-electron chi connectivity index (χ2n) is 1.34. The molecule has 0 heterocycles. The van der Waals surface area contributed by atoms with Crippen molar-refractivity contribution in [2.24, 2.45) is 5.73 Å². The molecule has 2 nitrogen and oxygen atoms in total. The lowest BCUT2D eigenvalue weighted by Crippen LogP contribution is -2.20. The molecule has 0 spiro atoms. The van der Waals surface area contributed by atoms with Crippen molar-refractivity contribution in [3.63, 3.8) is 0 Å². The number of hydrogen-bond donors (Lipinski definition) is 1. The van der Waals surface area contributed by atoms with Crippen LogP contribution in [0.3, 0.4) is 0 Å². The van der Waals surface area contributed by atoms with Crippen molar-refractivity contribution in [3.8, 4) is 6.07 Å². The van der Waals surface area contributed by atoms with Crippen molar-refractivity contribution in [1.29, 1.82) is 5.26 Å². The quantitative estimate of drug-likeness (QED) is 0.421. The number of nitriles is 1. The summed E-state index contributed by atoms with van der Waals surface area (Å²) in [7, 11) is 0. The molecule has 0 aromatic rings. The summed E-state index contributed by atoms with van der Waals surface area (Å²) >= 11 is 0. The van der Waals surface area contributed by atoms with Gasteiger partial charge in [0.25, 0.3) is 0 Å².